The van der Waals surface area contributed by atoms with E-state index in [9.17, 15) is 14.3 Å². The van der Waals surface area contributed by atoms with E-state index < -0.39 is 11.8 Å². The zero-order valence-corrected chi connectivity index (χ0v) is 23.0. The van der Waals surface area contributed by atoms with Crippen LogP contribution in [0.5, 0.6) is 5.88 Å². The molecule has 2 saturated heterocycles. The number of nitrogens with zero attached hydrogens (tertiary/aromatic N) is 5. The van der Waals surface area contributed by atoms with E-state index in [0.29, 0.717) is 30.5 Å². The number of aromatic carboxylic acids is 1. The van der Waals surface area contributed by atoms with Crippen LogP contribution in [0.2, 0.25) is 0 Å². The van der Waals surface area contributed by atoms with E-state index in [1.54, 1.807) is 36.5 Å². The lowest BCUT2D eigenvalue weighted by atomic mass is 9.87. The van der Waals surface area contributed by atoms with Crippen molar-refractivity contribution in [1.82, 2.24) is 19.4 Å². The van der Waals surface area contributed by atoms with Crippen molar-refractivity contribution in [3.8, 4) is 11.9 Å². The molecule has 7 rings (SSSR count). The summed E-state index contributed by atoms with van der Waals surface area (Å²) in [5, 5.41) is 18.5. The van der Waals surface area contributed by atoms with Gasteiger partial charge in [0.05, 0.1) is 47.4 Å². The molecule has 1 unspecified atom stereocenters. The van der Waals surface area contributed by atoms with Gasteiger partial charge in [0, 0.05) is 35.9 Å². The third kappa shape index (κ3) is 4.78. The van der Waals surface area contributed by atoms with Gasteiger partial charge >= 0.3 is 5.97 Å². The number of piperidine rings is 1. The Bertz CT molecular complexity index is 1730. The van der Waals surface area contributed by atoms with E-state index in [1.165, 1.54) is 6.07 Å². The number of carboxylic acids is 1. The normalized spacial score (nSPS) is 23.1. The van der Waals surface area contributed by atoms with Crippen LogP contribution in [0.3, 0.4) is 0 Å². The summed E-state index contributed by atoms with van der Waals surface area (Å²) in [7, 11) is 0. The molecule has 3 aliphatic rings. The van der Waals surface area contributed by atoms with E-state index in [4.69, 9.17) is 19.7 Å². The minimum Gasteiger partial charge on any atom is -0.478 e. The van der Waals surface area contributed by atoms with Crippen LogP contribution in [0.1, 0.15) is 52.1 Å². The fourth-order valence-electron chi connectivity index (χ4n) is 6.52. The molecule has 0 bridgehead atoms. The molecule has 2 aromatic heterocycles. The van der Waals surface area contributed by atoms with Crippen molar-refractivity contribution < 1.29 is 23.8 Å². The van der Waals surface area contributed by atoms with Gasteiger partial charge in [-0.3, -0.25) is 4.90 Å². The maximum atomic E-state index is 14.4. The number of carboxylic acid groups (broad SMARTS) is 1. The van der Waals surface area contributed by atoms with Crippen molar-refractivity contribution in [2.24, 2.45) is 5.92 Å². The van der Waals surface area contributed by atoms with Gasteiger partial charge in [-0.25, -0.2) is 19.2 Å². The molecule has 0 amide bonds. The lowest BCUT2D eigenvalue weighted by molar-refractivity contribution is -0.0592. The number of imidazole rings is 1. The number of aromatic nitrogens is 3. The van der Waals surface area contributed by atoms with Crippen molar-refractivity contribution in [2.75, 3.05) is 19.7 Å². The zero-order chi connectivity index (χ0) is 28.8. The van der Waals surface area contributed by atoms with Crippen LogP contribution in [-0.4, -0.2) is 56.3 Å². The van der Waals surface area contributed by atoms with Crippen LogP contribution in [0.25, 0.3) is 11.0 Å². The predicted octanol–water partition coefficient (Wildman–Crippen LogP) is 4.67. The Kier molecular flexibility index (Phi) is 6.64. The van der Waals surface area contributed by atoms with E-state index in [2.05, 4.69) is 20.5 Å². The summed E-state index contributed by atoms with van der Waals surface area (Å²) in [5.74, 6) is 0.486. The minimum absolute atomic E-state index is 0.0143. The molecular formula is C32H30FN5O4. The number of nitriles is 1. The SMILES string of the molecule is N#Cc1ccc(COc2ncccc2[C@@]23CCN(Cc4nc5ccc(C(=O)O)cc5n4CC4CCO4)C[C@@H]2C3)c(F)c1. The number of hydrogen-bond acceptors (Lipinski definition) is 7. The number of halogens is 1. The van der Waals surface area contributed by atoms with Crippen LogP contribution in [0, 0.1) is 23.1 Å². The van der Waals surface area contributed by atoms with E-state index in [0.717, 1.165) is 61.4 Å². The number of likely N-dealkylation sites (tertiary alicyclic amines) is 1. The second-order valence-corrected chi connectivity index (χ2v) is 11.5. The number of carbonyl (C=O) groups is 1. The van der Waals surface area contributed by atoms with Crippen molar-refractivity contribution >= 4 is 17.0 Å². The Balaban J connectivity index is 1.07. The highest BCUT2D eigenvalue weighted by Gasteiger charge is 2.58. The van der Waals surface area contributed by atoms with E-state index in [-0.39, 0.29) is 29.3 Å². The van der Waals surface area contributed by atoms with Gasteiger partial charge in [-0.15, -0.1) is 0 Å². The van der Waals surface area contributed by atoms with Gasteiger partial charge in [-0.1, -0.05) is 12.1 Å². The first-order chi connectivity index (χ1) is 20.4. The molecule has 1 N–H and O–H groups in total. The monoisotopic (exact) mass is 567 g/mol. The summed E-state index contributed by atoms with van der Waals surface area (Å²) in [6, 6.07) is 15.5. The average molecular weight is 568 g/mol. The fraction of sp³-hybridized carbons (Fsp3) is 0.375. The third-order valence-electron chi connectivity index (χ3n) is 9.06. The van der Waals surface area contributed by atoms with Crippen molar-refractivity contribution in [3.05, 3.63) is 88.6 Å². The van der Waals surface area contributed by atoms with Crippen molar-refractivity contribution in [3.63, 3.8) is 0 Å². The zero-order valence-electron chi connectivity index (χ0n) is 23.0. The summed E-state index contributed by atoms with van der Waals surface area (Å²) < 4.78 is 28.4. The molecule has 4 aromatic rings. The summed E-state index contributed by atoms with van der Waals surface area (Å²) in [4.78, 5) is 23.5. The Hall–Kier alpha value is -4.33. The maximum Gasteiger partial charge on any atom is 0.335 e. The van der Waals surface area contributed by atoms with E-state index >= 15 is 0 Å². The number of rotatable bonds is 9. The number of pyridine rings is 1. The van der Waals surface area contributed by atoms with Gasteiger partial charge < -0.3 is 19.1 Å². The van der Waals surface area contributed by atoms with Crippen LogP contribution in [0.15, 0.2) is 54.7 Å². The Morgan fingerprint density at radius 1 is 1.26 bits per heavy atom. The topological polar surface area (TPSA) is 114 Å². The molecular weight excluding hydrogens is 537 g/mol. The Morgan fingerprint density at radius 3 is 2.88 bits per heavy atom. The predicted molar refractivity (Wildman–Crippen MR) is 150 cm³/mol. The summed E-state index contributed by atoms with van der Waals surface area (Å²) in [6.45, 7) is 3.90. The van der Waals surface area contributed by atoms with Crippen LogP contribution in [0.4, 0.5) is 4.39 Å². The highest BCUT2D eigenvalue weighted by molar-refractivity contribution is 5.92. The van der Waals surface area contributed by atoms with Gasteiger partial charge in [-0.05, 0) is 68.1 Å². The highest BCUT2D eigenvalue weighted by Crippen LogP contribution is 2.61. The summed E-state index contributed by atoms with van der Waals surface area (Å²) in [6.07, 6.45) is 4.78. The van der Waals surface area contributed by atoms with Gasteiger partial charge in [0.1, 0.15) is 18.2 Å². The number of benzene rings is 2. The van der Waals surface area contributed by atoms with E-state index in [1.807, 2.05) is 12.1 Å². The van der Waals surface area contributed by atoms with Crippen molar-refractivity contribution in [1.29, 1.82) is 5.26 Å². The molecule has 214 valence electrons. The number of hydrogen-bond donors (Lipinski definition) is 1. The molecule has 42 heavy (non-hydrogen) atoms. The largest absolute Gasteiger partial charge is 0.478 e. The smallest absolute Gasteiger partial charge is 0.335 e. The number of ether oxygens (including phenoxy) is 2. The lowest BCUT2D eigenvalue weighted by Gasteiger charge is -2.33. The molecule has 1 saturated carbocycles. The van der Waals surface area contributed by atoms with Gasteiger partial charge in [0.2, 0.25) is 5.88 Å². The first-order valence-electron chi connectivity index (χ1n) is 14.3. The van der Waals surface area contributed by atoms with Crippen LogP contribution in [-0.2, 0) is 29.8 Å². The number of fused-ring (bicyclic) bond motifs is 2. The Morgan fingerprint density at radius 2 is 2.14 bits per heavy atom. The first kappa shape index (κ1) is 26.6. The maximum absolute atomic E-state index is 14.4. The second-order valence-electron chi connectivity index (χ2n) is 11.5. The highest BCUT2D eigenvalue weighted by atomic mass is 19.1. The quantitative estimate of drug-likeness (QED) is 0.310. The molecule has 4 heterocycles. The molecule has 2 aromatic carbocycles. The van der Waals surface area contributed by atoms with Gasteiger partial charge in [0.15, 0.2) is 0 Å². The summed E-state index contributed by atoms with van der Waals surface area (Å²) in [5.41, 5.74) is 3.59. The molecule has 1 aliphatic carbocycles. The third-order valence-corrected chi connectivity index (χ3v) is 9.06. The Labute approximate surface area is 242 Å². The molecule has 3 atom stereocenters. The first-order valence-corrected chi connectivity index (χ1v) is 14.3. The second kappa shape index (κ2) is 10.5. The fourth-order valence-corrected chi connectivity index (χ4v) is 6.52. The molecule has 9 nitrogen and oxygen atoms in total. The average Bonchev–Trinajstić information content (AvgIpc) is 3.61. The standard InChI is InChI=1S/C32H30FN5O4/c33-26-12-20(15-34)3-4-22(26)19-42-30-25(2-1-9-35-30)32-8-10-37(16-23(32)14-32)18-29-36-27-6-5-21(31(39)40)13-28(27)38(29)17-24-7-11-41-24/h1-6,9,12-13,23-24H,7-8,10-11,14,16-19H2,(H,39,40)/t23-,24?,32+/m0/s1. The molecule has 2 aliphatic heterocycles. The van der Waals surface area contributed by atoms with Crippen molar-refractivity contribution in [2.45, 2.75) is 50.5 Å². The van der Waals surface area contributed by atoms with Crippen LogP contribution >= 0.6 is 0 Å². The van der Waals surface area contributed by atoms with Crippen LogP contribution < -0.4 is 4.74 Å². The van der Waals surface area contributed by atoms with Gasteiger partial charge in [0.25, 0.3) is 0 Å². The summed E-state index contributed by atoms with van der Waals surface area (Å²) >= 11 is 0. The molecule has 3 fully saturated rings. The molecule has 0 radical (unpaired) electrons. The lowest BCUT2D eigenvalue weighted by Crippen LogP contribution is -2.37. The molecule has 10 heteroatoms. The van der Waals surface area contributed by atoms with Gasteiger partial charge in [-0.2, -0.15) is 5.26 Å². The minimum atomic E-state index is -0.951. The molecule has 0 spiro atoms.